The predicted molar refractivity (Wildman–Crippen MR) is 70.2 cm³/mol. The predicted octanol–water partition coefficient (Wildman–Crippen LogP) is -0.0493. The first kappa shape index (κ1) is 13.8. The Hall–Kier alpha value is -0.650. The van der Waals surface area contributed by atoms with Gasteiger partial charge in [-0.1, -0.05) is 0 Å². The Morgan fingerprint density at radius 1 is 1.67 bits per heavy atom. The standard InChI is InChI=1S/C13H25N3O2/c1-10(7-11-8-18-6-4-15-11)16-5-3-13(2,9-16)12(14)17/h10-11,15H,3-9H2,1-2H3,(H2,14,17). The summed E-state index contributed by atoms with van der Waals surface area (Å²) in [6.45, 7) is 8.51. The lowest BCUT2D eigenvalue weighted by atomic mass is 9.89. The zero-order chi connectivity index (χ0) is 13.2. The maximum absolute atomic E-state index is 11.4. The van der Waals surface area contributed by atoms with Gasteiger partial charge in [0.2, 0.25) is 5.91 Å². The summed E-state index contributed by atoms with van der Waals surface area (Å²) < 4.78 is 5.47. The minimum atomic E-state index is -0.343. The van der Waals surface area contributed by atoms with Crippen LogP contribution in [0.2, 0.25) is 0 Å². The lowest BCUT2D eigenvalue weighted by molar-refractivity contribution is -0.126. The van der Waals surface area contributed by atoms with Crippen molar-refractivity contribution in [2.75, 3.05) is 32.8 Å². The zero-order valence-corrected chi connectivity index (χ0v) is 11.4. The van der Waals surface area contributed by atoms with Crippen molar-refractivity contribution in [2.45, 2.75) is 38.8 Å². The fraction of sp³-hybridized carbons (Fsp3) is 0.923. The van der Waals surface area contributed by atoms with Gasteiger partial charge in [0.1, 0.15) is 0 Å². The number of hydrogen-bond acceptors (Lipinski definition) is 4. The third-order valence-electron chi connectivity index (χ3n) is 4.35. The number of likely N-dealkylation sites (tertiary alicyclic amines) is 1. The first-order valence-electron chi connectivity index (χ1n) is 6.86. The Morgan fingerprint density at radius 2 is 2.44 bits per heavy atom. The molecular weight excluding hydrogens is 230 g/mol. The van der Waals surface area contributed by atoms with E-state index in [1.165, 1.54) is 0 Å². The second-order valence-corrected chi connectivity index (χ2v) is 5.96. The molecule has 2 aliphatic heterocycles. The highest BCUT2D eigenvalue weighted by atomic mass is 16.5. The van der Waals surface area contributed by atoms with E-state index in [2.05, 4.69) is 17.1 Å². The van der Waals surface area contributed by atoms with Gasteiger partial charge in [-0.2, -0.15) is 0 Å². The van der Waals surface area contributed by atoms with Gasteiger partial charge in [0.05, 0.1) is 18.6 Å². The lowest BCUT2D eigenvalue weighted by Crippen LogP contribution is -2.46. The van der Waals surface area contributed by atoms with Gasteiger partial charge in [-0.15, -0.1) is 0 Å². The van der Waals surface area contributed by atoms with Crippen LogP contribution in [0.25, 0.3) is 0 Å². The Kier molecular flexibility index (Phi) is 4.25. The fourth-order valence-corrected chi connectivity index (χ4v) is 2.91. The van der Waals surface area contributed by atoms with Gasteiger partial charge in [0.15, 0.2) is 0 Å². The number of nitrogens with one attached hydrogen (secondary N) is 1. The summed E-state index contributed by atoms with van der Waals surface area (Å²) in [5, 5.41) is 3.47. The number of nitrogens with zero attached hydrogens (tertiary/aromatic N) is 1. The van der Waals surface area contributed by atoms with E-state index in [9.17, 15) is 4.79 Å². The SMILES string of the molecule is CC(CC1COCCN1)N1CCC(C)(C(N)=O)C1. The molecule has 104 valence electrons. The molecule has 5 nitrogen and oxygen atoms in total. The maximum atomic E-state index is 11.4. The summed E-state index contributed by atoms with van der Waals surface area (Å²) in [5.41, 5.74) is 5.14. The van der Waals surface area contributed by atoms with Crippen LogP contribution in [0.3, 0.4) is 0 Å². The number of morpholine rings is 1. The van der Waals surface area contributed by atoms with Crippen LogP contribution in [0.4, 0.5) is 0 Å². The highest BCUT2D eigenvalue weighted by Crippen LogP contribution is 2.31. The highest BCUT2D eigenvalue weighted by molar-refractivity contribution is 5.81. The van der Waals surface area contributed by atoms with Gasteiger partial charge in [0, 0.05) is 25.2 Å². The van der Waals surface area contributed by atoms with E-state index in [4.69, 9.17) is 10.5 Å². The van der Waals surface area contributed by atoms with Gasteiger partial charge in [0.25, 0.3) is 0 Å². The minimum absolute atomic E-state index is 0.170. The van der Waals surface area contributed by atoms with Crippen LogP contribution in [-0.2, 0) is 9.53 Å². The number of hydrogen-bond donors (Lipinski definition) is 2. The average Bonchev–Trinajstić information content (AvgIpc) is 2.75. The van der Waals surface area contributed by atoms with Crippen LogP contribution < -0.4 is 11.1 Å². The molecule has 2 heterocycles. The number of primary amides is 1. The van der Waals surface area contributed by atoms with Gasteiger partial charge in [-0.3, -0.25) is 9.69 Å². The molecule has 2 aliphatic rings. The maximum Gasteiger partial charge on any atom is 0.224 e. The van der Waals surface area contributed by atoms with Crippen LogP contribution >= 0.6 is 0 Å². The Labute approximate surface area is 109 Å². The van der Waals surface area contributed by atoms with Crippen LogP contribution in [0, 0.1) is 5.41 Å². The van der Waals surface area contributed by atoms with Crippen molar-refractivity contribution >= 4 is 5.91 Å². The van der Waals surface area contributed by atoms with E-state index in [1.54, 1.807) is 0 Å². The summed E-state index contributed by atoms with van der Waals surface area (Å²) in [6, 6.07) is 0.902. The third-order valence-corrected chi connectivity index (χ3v) is 4.35. The molecule has 0 saturated carbocycles. The second kappa shape index (κ2) is 5.55. The number of amides is 1. The topological polar surface area (TPSA) is 67.6 Å². The normalized spacial score (nSPS) is 35.6. The molecule has 2 fully saturated rings. The molecule has 3 atom stereocenters. The summed E-state index contributed by atoms with van der Waals surface area (Å²) in [5.74, 6) is -0.170. The molecule has 5 heteroatoms. The molecule has 0 aromatic heterocycles. The lowest BCUT2D eigenvalue weighted by Gasteiger charge is -2.31. The smallest absolute Gasteiger partial charge is 0.224 e. The number of ether oxygens (including phenoxy) is 1. The van der Waals surface area contributed by atoms with Gasteiger partial charge in [-0.25, -0.2) is 0 Å². The Morgan fingerprint density at radius 3 is 3.00 bits per heavy atom. The number of rotatable bonds is 4. The van der Waals surface area contributed by atoms with Crippen LogP contribution in [0.15, 0.2) is 0 Å². The van der Waals surface area contributed by atoms with E-state index in [0.717, 1.165) is 45.7 Å². The molecule has 0 radical (unpaired) electrons. The monoisotopic (exact) mass is 255 g/mol. The van der Waals surface area contributed by atoms with Crippen molar-refractivity contribution in [3.8, 4) is 0 Å². The summed E-state index contributed by atoms with van der Waals surface area (Å²) in [7, 11) is 0. The third kappa shape index (κ3) is 3.02. The van der Waals surface area contributed by atoms with E-state index in [0.29, 0.717) is 12.1 Å². The summed E-state index contributed by atoms with van der Waals surface area (Å²) >= 11 is 0. The van der Waals surface area contributed by atoms with E-state index in [1.807, 2.05) is 6.92 Å². The fourth-order valence-electron chi connectivity index (χ4n) is 2.91. The number of nitrogens with two attached hydrogens (primary N) is 1. The molecule has 0 aromatic rings. The zero-order valence-electron chi connectivity index (χ0n) is 11.4. The first-order chi connectivity index (χ1) is 8.51. The van der Waals surface area contributed by atoms with Gasteiger partial charge in [-0.05, 0) is 33.2 Å². The first-order valence-corrected chi connectivity index (χ1v) is 6.86. The van der Waals surface area contributed by atoms with Crippen LogP contribution in [0.1, 0.15) is 26.7 Å². The molecule has 1 amide bonds. The number of carbonyl (C=O) groups is 1. The number of carbonyl (C=O) groups excluding carboxylic acids is 1. The van der Waals surface area contributed by atoms with Gasteiger partial charge < -0.3 is 15.8 Å². The molecule has 0 aromatic carbocycles. The van der Waals surface area contributed by atoms with Gasteiger partial charge >= 0.3 is 0 Å². The van der Waals surface area contributed by atoms with E-state index in [-0.39, 0.29) is 11.3 Å². The molecule has 0 spiro atoms. The van der Waals surface area contributed by atoms with Crippen LogP contribution in [0.5, 0.6) is 0 Å². The molecule has 2 saturated heterocycles. The molecule has 3 N–H and O–H groups in total. The summed E-state index contributed by atoms with van der Waals surface area (Å²) in [6.07, 6.45) is 1.94. The molecule has 0 aliphatic carbocycles. The van der Waals surface area contributed by atoms with E-state index >= 15 is 0 Å². The van der Waals surface area contributed by atoms with Crippen molar-refractivity contribution in [1.29, 1.82) is 0 Å². The molecular formula is C13H25N3O2. The molecule has 18 heavy (non-hydrogen) atoms. The largest absolute Gasteiger partial charge is 0.379 e. The quantitative estimate of drug-likeness (QED) is 0.739. The Balaban J connectivity index is 1.83. The van der Waals surface area contributed by atoms with Crippen molar-refractivity contribution in [2.24, 2.45) is 11.1 Å². The Bertz CT molecular complexity index is 305. The molecule has 2 rings (SSSR count). The van der Waals surface area contributed by atoms with Crippen LogP contribution in [-0.4, -0.2) is 55.7 Å². The van der Waals surface area contributed by atoms with Crippen molar-refractivity contribution in [3.05, 3.63) is 0 Å². The second-order valence-electron chi connectivity index (χ2n) is 5.96. The van der Waals surface area contributed by atoms with Crippen molar-refractivity contribution in [3.63, 3.8) is 0 Å². The molecule has 0 bridgehead atoms. The summed E-state index contributed by atoms with van der Waals surface area (Å²) in [4.78, 5) is 13.8. The molecule has 3 unspecified atom stereocenters. The minimum Gasteiger partial charge on any atom is -0.379 e. The van der Waals surface area contributed by atoms with Crippen molar-refractivity contribution < 1.29 is 9.53 Å². The highest BCUT2D eigenvalue weighted by Gasteiger charge is 2.40. The van der Waals surface area contributed by atoms with E-state index < -0.39 is 0 Å². The average molecular weight is 255 g/mol. The van der Waals surface area contributed by atoms with Crippen molar-refractivity contribution in [1.82, 2.24) is 10.2 Å².